The number of para-hydroxylation sites is 1. The lowest BCUT2D eigenvalue weighted by Gasteiger charge is -2.29. The highest BCUT2D eigenvalue weighted by atomic mass is 16.5. The van der Waals surface area contributed by atoms with Crippen LogP contribution in [-0.2, 0) is 4.74 Å². The van der Waals surface area contributed by atoms with Crippen molar-refractivity contribution in [1.82, 2.24) is 15.3 Å². The number of benzene rings is 1. The number of nitriles is 1. The van der Waals surface area contributed by atoms with Crippen molar-refractivity contribution in [3.63, 3.8) is 0 Å². The molecule has 1 aromatic carbocycles. The minimum absolute atomic E-state index is 0.0359. The van der Waals surface area contributed by atoms with Gasteiger partial charge in [-0.25, -0.2) is 4.98 Å². The Labute approximate surface area is 220 Å². The van der Waals surface area contributed by atoms with Crippen molar-refractivity contribution in [2.45, 2.75) is 71.3 Å². The summed E-state index contributed by atoms with van der Waals surface area (Å²) < 4.78 is 5.01. The van der Waals surface area contributed by atoms with E-state index in [9.17, 15) is 4.79 Å². The van der Waals surface area contributed by atoms with Crippen LogP contribution in [0.2, 0.25) is 0 Å². The van der Waals surface area contributed by atoms with Crippen LogP contribution in [0.15, 0.2) is 36.5 Å². The molecule has 4 N–H and O–H groups in total. The predicted octanol–water partition coefficient (Wildman–Crippen LogP) is 5.04. The van der Waals surface area contributed by atoms with E-state index >= 15 is 0 Å². The Balaban J connectivity index is 0.000000237. The van der Waals surface area contributed by atoms with Gasteiger partial charge >= 0.3 is 0 Å². The molecular formula is C29H41N5O3. The summed E-state index contributed by atoms with van der Waals surface area (Å²) in [4.78, 5) is 19.0. The average molecular weight is 508 g/mol. The maximum Gasteiger partial charge on any atom is 0.291 e. The van der Waals surface area contributed by atoms with Gasteiger partial charge in [-0.3, -0.25) is 4.79 Å². The lowest BCUT2D eigenvalue weighted by atomic mass is 9.77. The number of aliphatic hydroxyl groups is 1. The Morgan fingerprint density at radius 1 is 1.19 bits per heavy atom. The van der Waals surface area contributed by atoms with Gasteiger partial charge in [-0.2, -0.15) is 5.26 Å². The summed E-state index contributed by atoms with van der Waals surface area (Å²) in [7, 11) is 0. The van der Waals surface area contributed by atoms with Crippen molar-refractivity contribution in [2.24, 2.45) is 5.41 Å². The summed E-state index contributed by atoms with van der Waals surface area (Å²) in [6.07, 6.45) is 12.7. The Morgan fingerprint density at radius 2 is 1.92 bits per heavy atom. The molecule has 1 amide bonds. The largest absolute Gasteiger partial charge is 0.393 e. The summed E-state index contributed by atoms with van der Waals surface area (Å²) in [6.45, 7) is 8.38. The first kappa shape index (κ1) is 28.6. The van der Waals surface area contributed by atoms with Crippen LogP contribution < -0.4 is 10.6 Å². The number of nitrogens with one attached hydrogen (secondary N) is 3. The van der Waals surface area contributed by atoms with Gasteiger partial charge in [0.15, 0.2) is 5.82 Å². The Morgan fingerprint density at radius 3 is 2.43 bits per heavy atom. The van der Waals surface area contributed by atoms with E-state index in [-0.39, 0.29) is 23.5 Å². The highest BCUT2D eigenvalue weighted by Crippen LogP contribution is 2.39. The first-order chi connectivity index (χ1) is 17.9. The molecule has 1 aromatic heterocycles. The maximum atomic E-state index is 12.3. The fraction of sp³-hybridized carbons (Fsp3) is 0.552. The number of H-pyrrole nitrogens is 1. The van der Waals surface area contributed by atoms with E-state index in [1.165, 1.54) is 31.0 Å². The molecule has 3 aliphatic rings. The van der Waals surface area contributed by atoms with Crippen molar-refractivity contribution < 1.29 is 14.6 Å². The number of nitrogens with zero attached hydrogens (tertiary/aromatic N) is 2. The third-order valence-corrected chi connectivity index (χ3v) is 6.83. The zero-order valence-electron chi connectivity index (χ0n) is 22.2. The second-order valence-corrected chi connectivity index (χ2v) is 10.5. The first-order valence-electron chi connectivity index (χ1n) is 13.4. The molecule has 2 heterocycles. The number of amides is 1. The van der Waals surface area contributed by atoms with Gasteiger partial charge in [-0.05, 0) is 49.2 Å². The van der Waals surface area contributed by atoms with Crippen molar-refractivity contribution in [3.05, 3.63) is 53.6 Å². The number of carbonyl (C=O) groups excluding carboxylic acids is 1. The molecule has 0 bridgehead atoms. The number of imidazole rings is 1. The van der Waals surface area contributed by atoms with Gasteiger partial charge in [-0.15, -0.1) is 0 Å². The van der Waals surface area contributed by atoms with E-state index in [1.54, 1.807) is 0 Å². The first-order valence-corrected chi connectivity index (χ1v) is 13.4. The zero-order chi connectivity index (χ0) is 26.5. The van der Waals surface area contributed by atoms with Gasteiger partial charge in [0.05, 0.1) is 25.5 Å². The molecule has 8 nitrogen and oxygen atoms in total. The highest BCUT2D eigenvalue weighted by molar-refractivity contribution is 6.03. The highest BCUT2D eigenvalue weighted by Gasteiger charge is 2.23. The molecule has 37 heavy (non-hydrogen) atoms. The lowest BCUT2D eigenvalue weighted by Crippen LogP contribution is -2.30. The van der Waals surface area contributed by atoms with Gasteiger partial charge in [0, 0.05) is 24.3 Å². The molecule has 0 atom stereocenters. The molecule has 200 valence electrons. The molecule has 5 rings (SSSR count). The van der Waals surface area contributed by atoms with E-state index in [1.807, 2.05) is 30.3 Å². The number of aromatic nitrogens is 2. The molecule has 8 heteroatoms. The Hall–Kier alpha value is -2.99. The molecule has 0 spiro atoms. The van der Waals surface area contributed by atoms with Crippen LogP contribution in [0.25, 0.3) is 5.57 Å². The number of carbonyl (C=O) groups is 1. The minimum Gasteiger partial charge on any atom is -0.393 e. The fourth-order valence-electron chi connectivity index (χ4n) is 4.47. The summed E-state index contributed by atoms with van der Waals surface area (Å²) in [5.74, 6) is -0.208. The molecule has 2 aliphatic carbocycles. The van der Waals surface area contributed by atoms with Crippen molar-refractivity contribution in [2.75, 3.05) is 31.6 Å². The molecule has 0 radical (unpaired) electrons. The number of hydrogen-bond acceptors (Lipinski definition) is 6. The van der Waals surface area contributed by atoms with Crippen molar-refractivity contribution in [1.29, 1.82) is 5.26 Å². The van der Waals surface area contributed by atoms with Gasteiger partial charge < -0.3 is 25.5 Å². The van der Waals surface area contributed by atoms with Crippen LogP contribution in [-0.4, -0.2) is 53.4 Å². The number of hydrogen-bond donors (Lipinski definition) is 4. The topological polar surface area (TPSA) is 123 Å². The number of ether oxygens (including phenoxy) is 1. The third kappa shape index (κ3) is 9.77. The second kappa shape index (κ2) is 14.7. The standard InChI is InChI=1S/C19H20N4O.C6H12O.C4H9NO/c1-19(2)9-7-13(8-10-19)15-5-3-4-6-16(15)23-18(24)17-21-12-14(11-20)22-17;7-6-4-2-1-3-5-6;1-3-6-4-2-5-1/h3-7,12H,8-10H2,1-2H3,(H,21,22)(H,23,24);6-7H,1-5H2;5H,1-4H2. The number of aliphatic hydroxyl groups excluding tert-OH is 1. The molecule has 0 unspecified atom stereocenters. The lowest BCUT2D eigenvalue weighted by molar-refractivity contribution is 0.101. The minimum atomic E-state index is -0.347. The van der Waals surface area contributed by atoms with Crippen LogP contribution >= 0.6 is 0 Å². The van der Waals surface area contributed by atoms with E-state index in [4.69, 9.17) is 15.1 Å². The fourth-order valence-corrected chi connectivity index (χ4v) is 4.47. The molecule has 1 aliphatic heterocycles. The van der Waals surface area contributed by atoms with Gasteiger partial charge in [0.1, 0.15) is 11.8 Å². The van der Waals surface area contributed by atoms with Crippen molar-refractivity contribution in [3.8, 4) is 6.07 Å². The van der Waals surface area contributed by atoms with Gasteiger partial charge in [0.25, 0.3) is 5.91 Å². The number of rotatable bonds is 3. The van der Waals surface area contributed by atoms with E-state index in [2.05, 4.69) is 40.5 Å². The summed E-state index contributed by atoms with van der Waals surface area (Å²) in [5.41, 5.74) is 3.69. The van der Waals surface area contributed by atoms with Crippen LogP contribution in [0.5, 0.6) is 0 Å². The van der Waals surface area contributed by atoms with E-state index in [0.717, 1.165) is 69.7 Å². The van der Waals surface area contributed by atoms with Crippen LogP contribution in [0.3, 0.4) is 0 Å². The van der Waals surface area contributed by atoms with E-state index in [0.29, 0.717) is 5.41 Å². The van der Waals surface area contributed by atoms with Crippen molar-refractivity contribution >= 4 is 17.2 Å². The molecule has 2 fully saturated rings. The van der Waals surface area contributed by atoms with Crippen LogP contribution in [0, 0.1) is 16.7 Å². The molecular weight excluding hydrogens is 466 g/mol. The Kier molecular flexibility index (Phi) is 11.3. The quantitative estimate of drug-likeness (QED) is 0.461. The summed E-state index contributed by atoms with van der Waals surface area (Å²) >= 11 is 0. The molecule has 1 saturated carbocycles. The predicted molar refractivity (Wildman–Crippen MR) is 146 cm³/mol. The smallest absolute Gasteiger partial charge is 0.291 e. The number of morpholine rings is 1. The van der Waals surface area contributed by atoms with Gasteiger partial charge in [-0.1, -0.05) is 57.4 Å². The monoisotopic (exact) mass is 507 g/mol. The number of aromatic amines is 1. The zero-order valence-corrected chi connectivity index (χ0v) is 22.2. The summed E-state index contributed by atoms with van der Waals surface area (Å²) in [6, 6.07) is 9.73. The number of allylic oxidation sites excluding steroid dienone is 2. The summed E-state index contributed by atoms with van der Waals surface area (Å²) in [5, 5.41) is 23.8. The van der Waals surface area contributed by atoms with Crippen LogP contribution in [0.1, 0.15) is 87.1 Å². The third-order valence-electron chi connectivity index (χ3n) is 6.83. The maximum absolute atomic E-state index is 12.3. The van der Waals surface area contributed by atoms with Gasteiger partial charge in [0.2, 0.25) is 0 Å². The Bertz CT molecular complexity index is 1050. The van der Waals surface area contributed by atoms with Crippen LogP contribution in [0.4, 0.5) is 5.69 Å². The number of anilines is 1. The average Bonchev–Trinajstić information content (AvgIpc) is 3.41. The SMILES string of the molecule is C1COCCN1.CC1(C)CC=C(c2ccccc2NC(=O)c2ncc(C#N)[nH]2)CC1.OC1CCCCC1. The van der Waals surface area contributed by atoms with E-state index < -0.39 is 0 Å². The molecule has 1 saturated heterocycles. The molecule has 2 aromatic rings. The second-order valence-electron chi connectivity index (χ2n) is 10.5. The normalized spacial score (nSPS) is 19.1.